The zero-order valence-corrected chi connectivity index (χ0v) is 18.0. The third-order valence-electron chi connectivity index (χ3n) is 5.84. The van der Waals surface area contributed by atoms with Crippen molar-refractivity contribution >= 4 is 29.3 Å². The number of piperidine rings is 1. The topological polar surface area (TPSA) is 135 Å². The van der Waals surface area contributed by atoms with Crippen LogP contribution in [-0.4, -0.2) is 41.2 Å². The van der Waals surface area contributed by atoms with Crippen LogP contribution in [-0.2, 0) is 16.1 Å². The van der Waals surface area contributed by atoms with Crippen molar-refractivity contribution in [2.24, 2.45) is 11.7 Å². The molecule has 1 aromatic carbocycles. The zero-order chi connectivity index (χ0) is 22.4. The smallest absolute Gasteiger partial charge is 0.253 e. The van der Waals surface area contributed by atoms with Gasteiger partial charge in [0.05, 0.1) is 23.6 Å². The Kier molecular flexibility index (Phi) is 7.31. The van der Waals surface area contributed by atoms with Crippen LogP contribution < -0.4 is 16.4 Å². The first-order valence-electron chi connectivity index (χ1n) is 10.3. The van der Waals surface area contributed by atoms with Crippen LogP contribution in [0.15, 0.2) is 36.0 Å². The molecule has 1 saturated carbocycles. The maximum absolute atomic E-state index is 11.9. The lowest BCUT2D eigenvalue weighted by Gasteiger charge is -2.41. The lowest BCUT2D eigenvalue weighted by atomic mass is 9.84. The number of amides is 2. The highest BCUT2D eigenvalue weighted by Gasteiger charge is 2.35. The quantitative estimate of drug-likeness (QED) is 0.277. The lowest BCUT2D eigenvalue weighted by Crippen LogP contribution is -2.51. The van der Waals surface area contributed by atoms with Crippen LogP contribution in [0.1, 0.15) is 37.7 Å². The Balaban J connectivity index is 1.64. The molecule has 1 heterocycles. The second-order valence-electron chi connectivity index (χ2n) is 8.19. The fourth-order valence-electron chi connectivity index (χ4n) is 3.66. The van der Waals surface area contributed by atoms with Crippen molar-refractivity contribution in [3.63, 3.8) is 0 Å². The normalized spacial score (nSPS) is 18.6. The van der Waals surface area contributed by atoms with Crippen molar-refractivity contribution in [2.45, 2.75) is 44.2 Å². The SMILES string of the molecule is N#CCC1(N/C=C(\C(=N)NC(=O)C2CC2)C(N)=O)CCN(Cc2ccccc2Cl)CC1. The average Bonchev–Trinajstić information content (AvgIpc) is 3.57. The molecule has 2 aliphatic rings. The van der Waals surface area contributed by atoms with E-state index >= 15 is 0 Å². The van der Waals surface area contributed by atoms with E-state index in [0.717, 1.165) is 43.1 Å². The molecule has 0 spiro atoms. The molecule has 0 aromatic heterocycles. The first-order valence-corrected chi connectivity index (χ1v) is 10.7. The summed E-state index contributed by atoms with van der Waals surface area (Å²) in [4.78, 5) is 26.1. The summed E-state index contributed by atoms with van der Waals surface area (Å²) in [7, 11) is 0. The summed E-state index contributed by atoms with van der Waals surface area (Å²) >= 11 is 6.27. The molecule has 1 aliphatic heterocycles. The van der Waals surface area contributed by atoms with Gasteiger partial charge < -0.3 is 16.4 Å². The molecule has 5 N–H and O–H groups in total. The first-order chi connectivity index (χ1) is 14.8. The van der Waals surface area contributed by atoms with Crippen molar-refractivity contribution in [1.82, 2.24) is 15.5 Å². The summed E-state index contributed by atoms with van der Waals surface area (Å²) < 4.78 is 0. The summed E-state index contributed by atoms with van der Waals surface area (Å²) in [5.74, 6) is -1.48. The largest absolute Gasteiger partial charge is 0.384 e. The number of benzene rings is 1. The van der Waals surface area contributed by atoms with Gasteiger partial charge in [-0.1, -0.05) is 29.8 Å². The molecular weight excluding hydrogens is 416 g/mol. The minimum absolute atomic E-state index is 0.0881. The van der Waals surface area contributed by atoms with Crippen molar-refractivity contribution in [1.29, 1.82) is 10.7 Å². The third kappa shape index (κ3) is 6.06. The minimum atomic E-state index is -0.808. The van der Waals surface area contributed by atoms with Gasteiger partial charge >= 0.3 is 0 Å². The van der Waals surface area contributed by atoms with E-state index in [2.05, 4.69) is 21.6 Å². The fourth-order valence-corrected chi connectivity index (χ4v) is 3.86. The Hall–Kier alpha value is -2.89. The summed E-state index contributed by atoms with van der Waals surface area (Å²) in [6, 6.07) is 9.95. The van der Waals surface area contributed by atoms with E-state index in [1.807, 2.05) is 24.3 Å². The Labute approximate surface area is 186 Å². The van der Waals surface area contributed by atoms with Crippen LogP contribution in [0.3, 0.4) is 0 Å². The Morgan fingerprint density at radius 2 is 2.00 bits per heavy atom. The molecule has 0 radical (unpaired) electrons. The summed E-state index contributed by atoms with van der Waals surface area (Å²) in [6.45, 7) is 2.22. The molecule has 164 valence electrons. The summed E-state index contributed by atoms with van der Waals surface area (Å²) in [5, 5.41) is 23.8. The molecule has 1 aliphatic carbocycles. The van der Waals surface area contributed by atoms with E-state index in [9.17, 15) is 14.9 Å². The van der Waals surface area contributed by atoms with E-state index < -0.39 is 11.4 Å². The second kappa shape index (κ2) is 9.94. The second-order valence-corrected chi connectivity index (χ2v) is 8.60. The van der Waals surface area contributed by atoms with Gasteiger partial charge in [-0.2, -0.15) is 5.26 Å². The molecule has 31 heavy (non-hydrogen) atoms. The number of rotatable bonds is 8. The number of nitrogens with one attached hydrogen (secondary N) is 3. The number of amidine groups is 1. The molecule has 2 amide bonds. The third-order valence-corrected chi connectivity index (χ3v) is 6.20. The molecule has 1 aromatic rings. The van der Waals surface area contributed by atoms with Gasteiger partial charge in [0.25, 0.3) is 5.91 Å². The van der Waals surface area contributed by atoms with Crippen molar-refractivity contribution in [3.8, 4) is 6.07 Å². The number of halogens is 1. The van der Waals surface area contributed by atoms with Crippen LogP contribution >= 0.6 is 11.6 Å². The van der Waals surface area contributed by atoms with Crippen LogP contribution in [0.4, 0.5) is 0 Å². The van der Waals surface area contributed by atoms with Gasteiger partial charge in [0.1, 0.15) is 5.84 Å². The summed E-state index contributed by atoms with van der Waals surface area (Å²) in [5.41, 5.74) is 5.85. The van der Waals surface area contributed by atoms with Gasteiger partial charge in [0.2, 0.25) is 5.91 Å². The molecule has 0 atom stereocenters. The van der Waals surface area contributed by atoms with E-state index in [1.54, 1.807) is 0 Å². The van der Waals surface area contributed by atoms with Crippen LogP contribution in [0.5, 0.6) is 0 Å². The van der Waals surface area contributed by atoms with E-state index in [0.29, 0.717) is 12.8 Å². The number of nitriles is 1. The van der Waals surface area contributed by atoms with Crippen molar-refractivity contribution < 1.29 is 9.59 Å². The zero-order valence-electron chi connectivity index (χ0n) is 17.3. The van der Waals surface area contributed by atoms with Crippen molar-refractivity contribution in [3.05, 3.63) is 46.6 Å². The first kappa shape index (κ1) is 22.8. The highest BCUT2D eigenvalue weighted by molar-refractivity contribution is 6.31. The standard InChI is InChI=1S/C22H27ClN6O2/c23-18-4-2-1-3-16(18)14-29-11-8-22(7-10-24,9-12-29)27-13-17(20(26)30)19(25)28-21(31)15-5-6-15/h1-4,13,15,27H,5-9,11-12,14H2,(H2,26,30)(H2,25,28,31)/b17-13+. The predicted molar refractivity (Wildman–Crippen MR) is 118 cm³/mol. The number of likely N-dealkylation sites (tertiary alicyclic amines) is 1. The molecule has 1 saturated heterocycles. The van der Waals surface area contributed by atoms with Gasteiger partial charge in [-0.3, -0.25) is 19.9 Å². The molecule has 8 nitrogen and oxygen atoms in total. The number of primary amides is 1. The van der Waals surface area contributed by atoms with Crippen molar-refractivity contribution in [2.75, 3.05) is 13.1 Å². The lowest BCUT2D eigenvalue weighted by molar-refractivity contribution is -0.120. The van der Waals surface area contributed by atoms with Gasteiger partial charge in [-0.25, -0.2) is 0 Å². The molecular formula is C22H27ClN6O2. The molecule has 3 rings (SSSR count). The van der Waals surface area contributed by atoms with Crippen LogP contribution in [0.25, 0.3) is 0 Å². The molecule has 0 unspecified atom stereocenters. The van der Waals surface area contributed by atoms with E-state index in [1.165, 1.54) is 6.20 Å². The Morgan fingerprint density at radius 3 is 2.58 bits per heavy atom. The monoisotopic (exact) mass is 442 g/mol. The number of hydrogen-bond acceptors (Lipinski definition) is 6. The molecule has 2 fully saturated rings. The fraction of sp³-hybridized carbons (Fsp3) is 0.455. The Morgan fingerprint density at radius 1 is 1.32 bits per heavy atom. The maximum atomic E-state index is 11.9. The van der Waals surface area contributed by atoms with Crippen LogP contribution in [0.2, 0.25) is 5.02 Å². The number of nitrogens with zero attached hydrogens (tertiary/aromatic N) is 2. The van der Waals surface area contributed by atoms with Crippen LogP contribution in [0, 0.1) is 22.7 Å². The minimum Gasteiger partial charge on any atom is -0.384 e. The maximum Gasteiger partial charge on any atom is 0.253 e. The predicted octanol–water partition coefficient (Wildman–Crippen LogP) is 2.05. The highest BCUT2D eigenvalue weighted by Crippen LogP contribution is 2.29. The van der Waals surface area contributed by atoms with Gasteiger partial charge in [0, 0.05) is 36.8 Å². The summed E-state index contributed by atoms with van der Waals surface area (Å²) in [6.07, 6.45) is 4.56. The average molecular weight is 443 g/mol. The molecule has 0 bridgehead atoms. The van der Waals surface area contributed by atoms with E-state index in [4.69, 9.17) is 22.7 Å². The number of hydrogen-bond donors (Lipinski definition) is 4. The number of carbonyl (C=O) groups excluding carboxylic acids is 2. The van der Waals surface area contributed by atoms with E-state index in [-0.39, 0.29) is 29.7 Å². The Bertz CT molecular complexity index is 926. The van der Waals surface area contributed by atoms with Gasteiger partial charge in [-0.05, 0) is 37.3 Å². The highest BCUT2D eigenvalue weighted by atomic mass is 35.5. The number of carbonyl (C=O) groups is 2. The number of nitrogens with two attached hydrogens (primary N) is 1. The van der Waals surface area contributed by atoms with Gasteiger partial charge in [0.15, 0.2) is 0 Å². The van der Waals surface area contributed by atoms with Gasteiger partial charge in [-0.15, -0.1) is 0 Å². The molecule has 9 heteroatoms.